The van der Waals surface area contributed by atoms with Crippen molar-refractivity contribution in [3.05, 3.63) is 35.4 Å². The number of hydrogen-bond donors (Lipinski definition) is 2. The van der Waals surface area contributed by atoms with E-state index < -0.39 is 6.03 Å². The maximum absolute atomic E-state index is 12.9. The number of fused-ring (bicyclic) bond motifs is 5. The van der Waals surface area contributed by atoms with Crippen LogP contribution in [0.1, 0.15) is 36.4 Å². The van der Waals surface area contributed by atoms with Crippen molar-refractivity contribution < 1.29 is 14.3 Å². The van der Waals surface area contributed by atoms with Gasteiger partial charge in [-0.3, -0.25) is 4.79 Å². The maximum atomic E-state index is 12.9. The van der Waals surface area contributed by atoms with E-state index in [0.29, 0.717) is 24.0 Å². The number of nitrogens with two attached hydrogens (primary N) is 1. The number of carbonyl (C=O) groups is 2. The number of nitrogens with one attached hydrogen (secondary N) is 1. The van der Waals surface area contributed by atoms with Crippen molar-refractivity contribution in [1.29, 1.82) is 0 Å². The summed E-state index contributed by atoms with van der Waals surface area (Å²) in [6, 6.07) is 6.78. The fraction of sp³-hybridized carbons (Fsp3) is 0.579. The molecule has 0 radical (unpaired) electrons. The Morgan fingerprint density at radius 3 is 2.48 bits per heavy atom. The van der Waals surface area contributed by atoms with E-state index in [2.05, 4.69) is 5.32 Å². The normalized spacial score (nSPS) is 31.0. The van der Waals surface area contributed by atoms with E-state index >= 15 is 0 Å². The second kappa shape index (κ2) is 6.33. The molecule has 3 saturated heterocycles. The van der Waals surface area contributed by atoms with Crippen molar-refractivity contribution in [2.24, 2.45) is 17.6 Å². The first kappa shape index (κ1) is 16.4. The lowest BCUT2D eigenvalue weighted by Gasteiger charge is -2.24. The highest BCUT2D eigenvalue weighted by Gasteiger charge is 2.53. The molecule has 6 heteroatoms. The minimum absolute atomic E-state index is 0.0794. The van der Waals surface area contributed by atoms with Crippen LogP contribution in [0.15, 0.2) is 24.3 Å². The summed E-state index contributed by atoms with van der Waals surface area (Å²) < 4.78 is 5.97. The average Bonchev–Trinajstić information content (AvgIpc) is 3.27. The first-order chi connectivity index (χ1) is 12.0. The summed E-state index contributed by atoms with van der Waals surface area (Å²) in [4.78, 5) is 26.3. The standard InChI is InChI=1S/C19H25N3O3/c1-11-4-2-3-5-12(11)15(21-19(20)24)8-18(23)22-9-13-14(10-22)17-7-6-16(13)25-17/h2-5,13-17H,6-10H2,1H3,(H3,20,21,24). The predicted molar refractivity (Wildman–Crippen MR) is 92.7 cm³/mol. The molecule has 5 atom stereocenters. The second-order valence-electron chi connectivity index (χ2n) is 7.54. The number of aryl methyl sites for hydroxylation is 1. The quantitative estimate of drug-likeness (QED) is 0.873. The Morgan fingerprint density at radius 2 is 1.88 bits per heavy atom. The van der Waals surface area contributed by atoms with Gasteiger partial charge in [0, 0.05) is 24.9 Å². The third-order valence-corrected chi connectivity index (χ3v) is 6.06. The molecule has 6 nitrogen and oxygen atoms in total. The molecule has 3 fully saturated rings. The highest BCUT2D eigenvalue weighted by atomic mass is 16.5. The van der Waals surface area contributed by atoms with E-state index in [1.54, 1.807) is 0 Å². The minimum Gasteiger partial charge on any atom is -0.374 e. The Hall–Kier alpha value is -2.08. The monoisotopic (exact) mass is 343 g/mol. The molecule has 0 aliphatic carbocycles. The number of rotatable bonds is 4. The Balaban J connectivity index is 1.46. The molecule has 2 bridgehead atoms. The Kier molecular flexibility index (Phi) is 4.15. The van der Waals surface area contributed by atoms with E-state index in [1.807, 2.05) is 36.1 Å². The highest BCUT2D eigenvalue weighted by molar-refractivity contribution is 5.79. The smallest absolute Gasteiger partial charge is 0.312 e. The molecule has 3 aliphatic heterocycles. The van der Waals surface area contributed by atoms with Gasteiger partial charge in [0.25, 0.3) is 0 Å². The van der Waals surface area contributed by atoms with Crippen LogP contribution in [0, 0.1) is 18.8 Å². The number of urea groups is 1. The molecule has 3 heterocycles. The summed E-state index contributed by atoms with van der Waals surface area (Å²) >= 11 is 0. The van der Waals surface area contributed by atoms with Crippen LogP contribution in [0.2, 0.25) is 0 Å². The molecule has 0 saturated carbocycles. The number of amides is 3. The summed E-state index contributed by atoms with van der Waals surface area (Å²) in [6.07, 6.45) is 3.17. The molecule has 134 valence electrons. The molecular weight excluding hydrogens is 318 g/mol. The summed E-state index contributed by atoms with van der Waals surface area (Å²) in [7, 11) is 0. The minimum atomic E-state index is -0.606. The molecular formula is C19H25N3O3. The van der Waals surface area contributed by atoms with Crippen molar-refractivity contribution >= 4 is 11.9 Å². The van der Waals surface area contributed by atoms with Crippen molar-refractivity contribution in [3.8, 4) is 0 Å². The molecule has 1 aromatic carbocycles. The van der Waals surface area contributed by atoms with Gasteiger partial charge in [0.2, 0.25) is 5.91 Å². The first-order valence-electron chi connectivity index (χ1n) is 9.07. The molecule has 3 N–H and O–H groups in total. The van der Waals surface area contributed by atoms with Gasteiger partial charge in [-0.05, 0) is 30.9 Å². The van der Waals surface area contributed by atoms with Crippen LogP contribution in [-0.2, 0) is 9.53 Å². The first-order valence-corrected chi connectivity index (χ1v) is 9.07. The lowest BCUT2D eigenvalue weighted by molar-refractivity contribution is -0.131. The summed E-state index contributed by atoms with van der Waals surface area (Å²) in [5.74, 6) is 1.06. The van der Waals surface area contributed by atoms with Gasteiger partial charge in [-0.1, -0.05) is 24.3 Å². The van der Waals surface area contributed by atoms with E-state index in [-0.39, 0.29) is 18.4 Å². The Bertz CT molecular complexity index is 674. The van der Waals surface area contributed by atoms with Gasteiger partial charge in [-0.2, -0.15) is 0 Å². The summed E-state index contributed by atoms with van der Waals surface area (Å²) in [5.41, 5.74) is 7.32. The number of ether oxygens (including phenoxy) is 1. The van der Waals surface area contributed by atoms with Crippen LogP contribution < -0.4 is 11.1 Å². The van der Waals surface area contributed by atoms with E-state index in [4.69, 9.17) is 10.5 Å². The lowest BCUT2D eigenvalue weighted by atomic mass is 9.82. The topological polar surface area (TPSA) is 84.7 Å². The Morgan fingerprint density at radius 1 is 1.24 bits per heavy atom. The highest BCUT2D eigenvalue weighted by Crippen LogP contribution is 2.47. The number of likely N-dealkylation sites (tertiary alicyclic amines) is 1. The van der Waals surface area contributed by atoms with Gasteiger partial charge in [0.1, 0.15) is 0 Å². The van der Waals surface area contributed by atoms with Crippen LogP contribution in [0.5, 0.6) is 0 Å². The van der Waals surface area contributed by atoms with Gasteiger partial charge in [0.15, 0.2) is 0 Å². The van der Waals surface area contributed by atoms with Crippen LogP contribution in [0.4, 0.5) is 4.79 Å². The molecule has 0 aromatic heterocycles. The zero-order valence-corrected chi connectivity index (χ0v) is 14.5. The van der Waals surface area contributed by atoms with Gasteiger partial charge < -0.3 is 20.7 Å². The van der Waals surface area contributed by atoms with Crippen molar-refractivity contribution in [2.45, 2.75) is 44.4 Å². The molecule has 5 unspecified atom stereocenters. The van der Waals surface area contributed by atoms with Gasteiger partial charge in [0.05, 0.1) is 24.7 Å². The van der Waals surface area contributed by atoms with Gasteiger partial charge >= 0.3 is 6.03 Å². The molecule has 1 aromatic rings. The van der Waals surface area contributed by atoms with E-state index in [0.717, 1.165) is 37.1 Å². The number of primary amides is 1. The molecule has 25 heavy (non-hydrogen) atoms. The van der Waals surface area contributed by atoms with Crippen molar-refractivity contribution in [3.63, 3.8) is 0 Å². The van der Waals surface area contributed by atoms with Crippen LogP contribution >= 0.6 is 0 Å². The van der Waals surface area contributed by atoms with Crippen molar-refractivity contribution in [1.82, 2.24) is 10.2 Å². The van der Waals surface area contributed by atoms with E-state index in [1.165, 1.54) is 0 Å². The zero-order valence-electron chi connectivity index (χ0n) is 14.5. The zero-order chi connectivity index (χ0) is 17.6. The second-order valence-corrected chi connectivity index (χ2v) is 7.54. The predicted octanol–water partition coefficient (Wildman–Crippen LogP) is 1.73. The Labute approximate surface area is 147 Å². The third-order valence-electron chi connectivity index (χ3n) is 6.06. The number of hydrogen-bond acceptors (Lipinski definition) is 3. The molecule has 3 aliphatic rings. The summed E-state index contributed by atoms with van der Waals surface area (Å²) in [6.45, 7) is 3.54. The molecule has 4 rings (SSSR count). The van der Waals surface area contributed by atoms with Crippen LogP contribution in [-0.4, -0.2) is 42.1 Å². The number of benzene rings is 1. The van der Waals surface area contributed by atoms with Gasteiger partial charge in [-0.25, -0.2) is 4.79 Å². The fourth-order valence-electron chi connectivity index (χ4n) is 4.86. The fourth-order valence-corrected chi connectivity index (χ4v) is 4.86. The largest absolute Gasteiger partial charge is 0.374 e. The number of nitrogens with zero attached hydrogens (tertiary/aromatic N) is 1. The SMILES string of the molecule is Cc1ccccc1C(CC(=O)N1CC2C3CCC(O3)C2C1)NC(N)=O. The van der Waals surface area contributed by atoms with E-state index in [9.17, 15) is 9.59 Å². The molecule has 0 spiro atoms. The van der Waals surface area contributed by atoms with Gasteiger partial charge in [-0.15, -0.1) is 0 Å². The average molecular weight is 343 g/mol. The summed E-state index contributed by atoms with van der Waals surface area (Å²) in [5, 5.41) is 2.74. The third kappa shape index (κ3) is 2.99. The number of carbonyl (C=O) groups excluding carboxylic acids is 2. The molecule has 3 amide bonds. The lowest BCUT2D eigenvalue weighted by Crippen LogP contribution is -2.38. The van der Waals surface area contributed by atoms with Crippen LogP contribution in [0.25, 0.3) is 0 Å². The van der Waals surface area contributed by atoms with Crippen molar-refractivity contribution in [2.75, 3.05) is 13.1 Å². The van der Waals surface area contributed by atoms with Crippen LogP contribution in [0.3, 0.4) is 0 Å². The maximum Gasteiger partial charge on any atom is 0.312 e.